The first-order valence-electron chi connectivity index (χ1n) is 5.95. The molecule has 1 atom stereocenters. The third-order valence-corrected chi connectivity index (χ3v) is 3.77. The molecule has 0 aliphatic heterocycles. The van der Waals surface area contributed by atoms with E-state index < -0.39 is 0 Å². The van der Waals surface area contributed by atoms with E-state index in [0.29, 0.717) is 24.2 Å². The van der Waals surface area contributed by atoms with Crippen molar-refractivity contribution in [1.82, 2.24) is 10.2 Å². The largest absolute Gasteiger partial charge is 0.420 e. The van der Waals surface area contributed by atoms with Crippen LogP contribution in [0.1, 0.15) is 12.8 Å². The molecule has 0 spiro atoms. The van der Waals surface area contributed by atoms with E-state index >= 15 is 0 Å². The zero-order chi connectivity index (χ0) is 12.8. The van der Waals surface area contributed by atoms with Crippen LogP contribution < -0.4 is 5.73 Å². The second-order valence-corrected chi connectivity index (χ2v) is 5.25. The summed E-state index contributed by atoms with van der Waals surface area (Å²) in [5, 5.41) is 8.10. The van der Waals surface area contributed by atoms with Gasteiger partial charge in [0, 0.05) is 5.56 Å². The molecule has 1 heterocycles. The van der Waals surface area contributed by atoms with E-state index in [4.69, 9.17) is 10.2 Å². The molecule has 2 aromatic rings. The Hall–Kier alpha value is -1.33. The molecule has 0 aliphatic rings. The van der Waals surface area contributed by atoms with E-state index in [1.54, 1.807) is 11.8 Å². The summed E-state index contributed by atoms with van der Waals surface area (Å²) >= 11 is 1.77. The number of hydrogen-bond donors (Lipinski definition) is 1. The summed E-state index contributed by atoms with van der Waals surface area (Å²) in [7, 11) is 0. The van der Waals surface area contributed by atoms with Crippen LogP contribution in [0.25, 0.3) is 11.5 Å². The van der Waals surface area contributed by atoms with Crippen LogP contribution in [-0.2, 0) is 5.75 Å². The normalized spacial score (nSPS) is 12.6. The van der Waals surface area contributed by atoms with Crippen molar-refractivity contribution >= 4 is 11.8 Å². The Bertz CT molecular complexity index is 472. The summed E-state index contributed by atoms with van der Waals surface area (Å²) in [6.07, 6.45) is 0. The topological polar surface area (TPSA) is 64.9 Å². The maximum atomic E-state index is 5.61. The molecule has 96 valence electrons. The van der Waals surface area contributed by atoms with Gasteiger partial charge >= 0.3 is 0 Å². The van der Waals surface area contributed by atoms with Crippen LogP contribution >= 0.6 is 11.8 Å². The van der Waals surface area contributed by atoms with E-state index in [0.717, 1.165) is 17.1 Å². The Morgan fingerprint density at radius 1 is 1.28 bits per heavy atom. The van der Waals surface area contributed by atoms with Gasteiger partial charge in [0.1, 0.15) is 0 Å². The number of nitrogens with zero attached hydrogens (tertiary/aromatic N) is 2. The molecular weight excluding hydrogens is 246 g/mol. The van der Waals surface area contributed by atoms with Crippen molar-refractivity contribution < 1.29 is 4.42 Å². The van der Waals surface area contributed by atoms with E-state index in [9.17, 15) is 0 Å². The predicted molar refractivity (Wildman–Crippen MR) is 74.1 cm³/mol. The summed E-state index contributed by atoms with van der Waals surface area (Å²) < 4.78 is 5.61. The molecular formula is C13H17N3OS. The zero-order valence-electron chi connectivity index (χ0n) is 10.4. The van der Waals surface area contributed by atoms with Crippen molar-refractivity contribution in [2.45, 2.75) is 12.7 Å². The third kappa shape index (κ3) is 3.58. The molecule has 0 saturated heterocycles. The van der Waals surface area contributed by atoms with Crippen LogP contribution in [0.15, 0.2) is 34.7 Å². The molecule has 1 aromatic carbocycles. The van der Waals surface area contributed by atoms with Gasteiger partial charge in [-0.2, -0.15) is 11.8 Å². The highest BCUT2D eigenvalue weighted by Crippen LogP contribution is 2.20. The minimum atomic E-state index is 0.520. The van der Waals surface area contributed by atoms with Gasteiger partial charge < -0.3 is 10.2 Å². The third-order valence-electron chi connectivity index (χ3n) is 2.52. The van der Waals surface area contributed by atoms with E-state index in [1.807, 2.05) is 30.3 Å². The highest BCUT2D eigenvalue weighted by molar-refractivity contribution is 7.98. The monoisotopic (exact) mass is 263 g/mol. The lowest BCUT2D eigenvalue weighted by Gasteiger charge is -2.05. The molecule has 4 nitrogen and oxygen atoms in total. The van der Waals surface area contributed by atoms with Crippen molar-refractivity contribution in [1.29, 1.82) is 0 Å². The lowest BCUT2D eigenvalue weighted by Crippen LogP contribution is -2.12. The van der Waals surface area contributed by atoms with Crippen LogP contribution in [0.3, 0.4) is 0 Å². The first-order valence-corrected chi connectivity index (χ1v) is 7.10. The van der Waals surface area contributed by atoms with Gasteiger partial charge in [0.25, 0.3) is 0 Å². The standard InChI is InChI=1S/C13H17N3OS/c1-10(7-14)8-18-9-12-15-16-13(17-12)11-5-3-2-4-6-11/h2-6,10H,7-9,14H2,1H3. The molecule has 1 unspecified atom stereocenters. The Morgan fingerprint density at radius 3 is 2.78 bits per heavy atom. The van der Waals surface area contributed by atoms with Crippen molar-refractivity contribution in [3.63, 3.8) is 0 Å². The molecule has 18 heavy (non-hydrogen) atoms. The average molecular weight is 263 g/mol. The Balaban J connectivity index is 1.91. The minimum Gasteiger partial charge on any atom is -0.420 e. The second-order valence-electron chi connectivity index (χ2n) is 4.22. The van der Waals surface area contributed by atoms with Crippen molar-refractivity contribution in [3.8, 4) is 11.5 Å². The van der Waals surface area contributed by atoms with Crippen LogP contribution in [0, 0.1) is 5.92 Å². The van der Waals surface area contributed by atoms with Crippen LogP contribution in [0.4, 0.5) is 0 Å². The first-order chi connectivity index (χ1) is 8.79. The molecule has 0 saturated carbocycles. The fourth-order valence-electron chi connectivity index (χ4n) is 1.42. The van der Waals surface area contributed by atoms with Crippen LogP contribution in [0.5, 0.6) is 0 Å². The van der Waals surface area contributed by atoms with Gasteiger partial charge in [0.05, 0.1) is 5.75 Å². The lowest BCUT2D eigenvalue weighted by molar-refractivity contribution is 0.528. The highest BCUT2D eigenvalue weighted by atomic mass is 32.2. The quantitative estimate of drug-likeness (QED) is 0.867. The van der Waals surface area contributed by atoms with Gasteiger partial charge in [-0.05, 0) is 30.3 Å². The maximum Gasteiger partial charge on any atom is 0.247 e. The Labute approximate surface area is 111 Å². The van der Waals surface area contributed by atoms with Gasteiger partial charge in [-0.1, -0.05) is 25.1 Å². The summed E-state index contributed by atoms with van der Waals surface area (Å²) in [6.45, 7) is 2.85. The molecule has 1 aromatic heterocycles. The van der Waals surface area contributed by atoms with Crippen molar-refractivity contribution in [3.05, 3.63) is 36.2 Å². The van der Waals surface area contributed by atoms with Gasteiger partial charge in [-0.25, -0.2) is 0 Å². The molecule has 0 aliphatic carbocycles. The highest BCUT2D eigenvalue weighted by Gasteiger charge is 2.08. The number of benzene rings is 1. The summed E-state index contributed by atoms with van der Waals surface area (Å²) in [5.41, 5.74) is 6.52. The van der Waals surface area contributed by atoms with Gasteiger partial charge in [0.15, 0.2) is 0 Å². The van der Waals surface area contributed by atoms with Crippen LogP contribution in [0.2, 0.25) is 0 Å². The molecule has 0 radical (unpaired) electrons. The minimum absolute atomic E-state index is 0.520. The smallest absolute Gasteiger partial charge is 0.247 e. The molecule has 2 N–H and O–H groups in total. The Morgan fingerprint density at radius 2 is 2.06 bits per heavy atom. The predicted octanol–water partition coefficient (Wildman–Crippen LogP) is 2.56. The van der Waals surface area contributed by atoms with Crippen molar-refractivity contribution in [2.75, 3.05) is 12.3 Å². The number of hydrogen-bond acceptors (Lipinski definition) is 5. The van der Waals surface area contributed by atoms with Crippen LogP contribution in [-0.4, -0.2) is 22.5 Å². The molecule has 5 heteroatoms. The maximum absolute atomic E-state index is 5.61. The summed E-state index contributed by atoms with van der Waals surface area (Å²) in [5.74, 6) is 3.52. The van der Waals surface area contributed by atoms with E-state index in [1.165, 1.54) is 0 Å². The molecule has 0 amide bonds. The van der Waals surface area contributed by atoms with Gasteiger partial charge in [0.2, 0.25) is 11.8 Å². The molecule has 0 bridgehead atoms. The first kappa shape index (κ1) is 13.1. The number of thioether (sulfide) groups is 1. The fourth-order valence-corrected chi connectivity index (χ4v) is 2.37. The number of aromatic nitrogens is 2. The van der Waals surface area contributed by atoms with E-state index in [2.05, 4.69) is 17.1 Å². The average Bonchev–Trinajstić information content (AvgIpc) is 2.88. The van der Waals surface area contributed by atoms with E-state index in [-0.39, 0.29) is 0 Å². The molecule has 0 fully saturated rings. The van der Waals surface area contributed by atoms with Gasteiger partial charge in [-0.15, -0.1) is 10.2 Å². The second kappa shape index (κ2) is 6.56. The number of nitrogens with two attached hydrogens (primary N) is 1. The number of rotatable bonds is 6. The fraction of sp³-hybridized carbons (Fsp3) is 0.385. The van der Waals surface area contributed by atoms with Crippen molar-refractivity contribution in [2.24, 2.45) is 11.7 Å². The van der Waals surface area contributed by atoms with Gasteiger partial charge in [-0.3, -0.25) is 0 Å². The summed E-state index contributed by atoms with van der Waals surface area (Å²) in [4.78, 5) is 0. The summed E-state index contributed by atoms with van der Waals surface area (Å²) in [6, 6.07) is 9.79. The lowest BCUT2D eigenvalue weighted by atomic mass is 10.2. The molecule has 2 rings (SSSR count). The SMILES string of the molecule is CC(CN)CSCc1nnc(-c2ccccc2)o1. The zero-order valence-corrected chi connectivity index (χ0v) is 11.2. The Kier molecular flexibility index (Phi) is 4.78.